The Morgan fingerprint density at radius 2 is 0.586 bits per heavy atom. The number of carbonyl (C=O) groups is 17. The number of benzene rings is 2. The molecule has 18 atom stereocenters. The summed E-state index contributed by atoms with van der Waals surface area (Å²) in [6, 6.07) is -6.24. The van der Waals surface area contributed by atoms with Crippen molar-refractivity contribution < 1.29 is 96.8 Å². The Labute approximate surface area is 773 Å². The summed E-state index contributed by atoms with van der Waals surface area (Å²) in [6.45, 7) is 27.0. The van der Waals surface area contributed by atoms with Gasteiger partial charge >= 0.3 is 5.97 Å². The molecule has 0 aromatic heterocycles. The Hall–Kier alpha value is -9.29. The minimum Gasteiger partial charge on any atom is -0.480 e. The number of thioether (sulfide) groups is 1. The van der Waals surface area contributed by atoms with Crippen molar-refractivity contribution in [3.63, 3.8) is 0 Å². The third kappa shape index (κ3) is 41.2. The van der Waals surface area contributed by atoms with E-state index in [1.54, 1.807) is 164 Å². The summed E-state index contributed by atoms with van der Waals surface area (Å²) in [5.74, 6) is -18.4. The summed E-state index contributed by atoms with van der Waals surface area (Å²) in [4.78, 5) is 237. The van der Waals surface area contributed by atoms with Gasteiger partial charge in [0, 0.05) is 30.1 Å². The molecule has 2 aromatic carbocycles. The second kappa shape index (κ2) is 59.1. The highest BCUT2D eigenvalue weighted by Crippen LogP contribution is 2.18. The van der Waals surface area contributed by atoms with Crippen LogP contribution in [0.2, 0.25) is 0 Å². The summed E-state index contributed by atoms with van der Waals surface area (Å²) in [5, 5.41) is 72.6. The van der Waals surface area contributed by atoms with Crippen LogP contribution in [-0.4, -0.2) is 261 Å². The van der Waals surface area contributed by atoms with Gasteiger partial charge in [0.05, 0.1) is 19.3 Å². The lowest BCUT2D eigenvalue weighted by atomic mass is 9.95. The van der Waals surface area contributed by atoms with E-state index < -0.39 is 234 Å². The second-order valence-electron chi connectivity index (χ2n) is 35.0. The van der Waals surface area contributed by atoms with E-state index in [0.29, 0.717) is 24.0 Å². The lowest BCUT2D eigenvalue weighted by Gasteiger charge is -2.31. The molecule has 0 radical (unpaired) electrons. The number of hydrogen-bond donors (Lipinski definition) is 23. The number of aliphatic hydroxyl groups is 2. The molecular weight excluding hydrogens is 1730 g/mol. The third-order valence-corrected chi connectivity index (χ3v) is 22.3. The van der Waals surface area contributed by atoms with E-state index in [0.717, 1.165) is 0 Å². The molecule has 41 heteroatoms. The summed E-state index contributed by atoms with van der Waals surface area (Å²) in [7, 11) is 0. The van der Waals surface area contributed by atoms with Crippen LogP contribution >= 0.6 is 49.6 Å². The van der Waals surface area contributed by atoms with Crippen molar-refractivity contribution in [3.8, 4) is 0 Å². The number of thiol groups is 3. The molecule has 0 aliphatic carbocycles. The highest BCUT2D eigenvalue weighted by atomic mass is 32.2. The van der Waals surface area contributed by atoms with Gasteiger partial charge in [0.2, 0.25) is 94.5 Å². The van der Waals surface area contributed by atoms with Crippen LogP contribution < -0.4 is 90.8 Å². The Bertz CT molecular complexity index is 3950. The molecule has 0 aliphatic heterocycles. The van der Waals surface area contributed by atoms with E-state index in [1.807, 2.05) is 13.8 Å². The number of nitrogens with two attached hydrogens (primary N) is 1. The fourth-order valence-electron chi connectivity index (χ4n) is 13.2. The molecule has 0 aliphatic rings. The molecule has 16 amide bonds. The van der Waals surface area contributed by atoms with Crippen molar-refractivity contribution in [2.24, 2.45) is 53.1 Å². The van der Waals surface area contributed by atoms with Crippen molar-refractivity contribution >= 4 is 150 Å². The zero-order valence-electron chi connectivity index (χ0n) is 76.9. The smallest absolute Gasteiger partial charge is 0.326 e. The van der Waals surface area contributed by atoms with E-state index >= 15 is 0 Å². The van der Waals surface area contributed by atoms with Gasteiger partial charge in [0.25, 0.3) is 0 Å². The van der Waals surface area contributed by atoms with Crippen LogP contribution in [-0.2, 0) is 94.3 Å². The van der Waals surface area contributed by atoms with E-state index in [2.05, 4.69) is 123 Å². The molecule has 0 spiro atoms. The van der Waals surface area contributed by atoms with Gasteiger partial charge < -0.3 is 106 Å². The number of aliphatic hydroxyl groups excluding tert-OH is 2. The molecule has 2 aromatic rings. The molecule has 21 N–H and O–H groups in total. The van der Waals surface area contributed by atoms with Crippen LogP contribution in [0, 0.1) is 47.3 Å². The number of carbonyl (C=O) groups excluding carboxylic acids is 16. The Morgan fingerprint density at radius 3 is 0.930 bits per heavy atom. The molecule has 0 saturated carbocycles. The fraction of sp³-hybridized carbons (Fsp3) is 0.667. The van der Waals surface area contributed by atoms with Crippen molar-refractivity contribution in [1.29, 1.82) is 0 Å². The third-order valence-electron chi connectivity index (χ3n) is 20.6. The molecule has 128 heavy (non-hydrogen) atoms. The fourth-order valence-corrected chi connectivity index (χ4v) is 14.4. The number of hydrogen-bond acceptors (Lipinski definition) is 24. The van der Waals surface area contributed by atoms with Crippen LogP contribution in [0.25, 0.3) is 0 Å². The van der Waals surface area contributed by atoms with Crippen LogP contribution in [0.15, 0.2) is 60.7 Å². The standard InChI is InChI=1S/C87H143N17O20S4/c1-19-51(16)70(86(122)95-61(38-54-28-24-21-25-29-54)76(112)96-62(87(123)124)36-48(10)11)104-85(121)69(50(14)15)102-78(114)59(35-47(8)9)91-79(115)63(39-105)97-73(109)56(30-31-128-18)90-71(107)52(17)89-84(120)68(49(12)13)103-80(116)64(40-106)98-74(110)57(33-45(4)5)92-82(118)66(42-126)101-77(113)60(37-53-26-22-20-23-27-53)94-83(119)67(43-127)100-75(111)58(34-46(6)7)93-81(117)65(41-125)99-72(108)55(88)32-44(2)3/h20-29,44-52,55-70,105-106,125-127H,19,30-43,88H2,1-18H3,(H,89,120)(H,90,107)(H,91,115)(H,92,118)(H,93,117)(H,94,119)(H,95,122)(H,96,112)(H,97,109)(H,98,110)(H,99,108)(H,100,111)(H,101,113)(H,102,114)(H,103,116)(H,104,121)(H,123,124)/t51-,52-,55-,56-,57-,58-,59-,60-,61-,62-,63-,64-,65-,66-,67-,68-,69-,70-/m0/s1. The maximum absolute atomic E-state index is 14.4. The first-order valence-electron chi connectivity index (χ1n) is 43.6. The molecule has 37 nitrogen and oxygen atoms in total. The quantitative estimate of drug-likeness (QED) is 0.0381. The molecule has 0 bridgehead atoms. The predicted molar refractivity (Wildman–Crippen MR) is 498 cm³/mol. The monoisotopic (exact) mass is 1870 g/mol. The highest BCUT2D eigenvalue weighted by molar-refractivity contribution is 7.98. The number of amides is 16. The second-order valence-corrected chi connectivity index (χ2v) is 37.0. The first kappa shape index (κ1) is 115. The van der Waals surface area contributed by atoms with Crippen LogP contribution in [0.3, 0.4) is 0 Å². The van der Waals surface area contributed by atoms with Gasteiger partial charge in [-0.3, -0.25) is 76.7 Å². The summed E-state index contributed by atoms with van der Waals surface area (Å²) in [6.07, 6.45) is 2.31. The van der Waals surface area contributed by atoms with Crippen molar-refractivity contribution in [1.82, 2.24) is 85.1 Å². The van der Waals surface area contributed by atoms with Gasteiger partial charge in [0.15, 0.2) is 0 Å². The number of nitrogens with one attached hydrogen (secondary N) is 16. The highest BCUT2D eigenvalue weighted by Gasteiger charge is 2.41. The SMILES string of the molecule is CC[C@H](C)[C@H](NC(=O)[C@@H](NC(=O)[C@H](CC(C)C)NC(=O)[C@H](CO)NC(=O)[C@H](CCSC)NC(=O)[C@H](C)NC(=O)[C@@H](NC(=O)[C@H](CO)NC(=O)[C@H](CC(C)C)NC(=O)[C@H](CS)NC(=O)[C@H](Cc1ccccc1)NC(=O)[C@H](CS)NC(=O)[C@H](CC(C)C)NC(=O)[C@H](CS)NC(=O)[C@@H](N)CC(C)C)C(C)C)C(C)C)C(=O)N[C@@H](Cc1ccccc1)C(=O)N[C@@H](CC(C)C)C(=O)O. The predicted octanol–water partition coefficient (Wildman–Crippen LogP) is -0.224. The van der Waals surface area contributed by atoms with Gasteiger partial charge in [-0.05, 0) is 116 Å². The molecule has 0 saturated heterocycles. The van der Waals surface area contributed by atoms with Crippen molar-refractivity contribution in [2.75, 3.05) is 42.5 Å². The number of carboxylic acid groups (broad SMARTS) is 1. The topological polar surface area (TPSA) is 569 Å². The van der Waals surface area contributed by atoms with Crippen molar-refractivity contribution in [2.45, 2.75) is 278 Å². The van der Waals surface area contributed by atoms with Crippen molar-refractivity contribution in [3.05, 3.63) is 71.8 Å². The van der Waals surface area contributed by atoms with E-state index in [9.17, 15) is 96.8 Å². The molecule has 720 valence electrons. The number of rotatable bonds is 59. The van der Waals surface area contributed by atoms with Crippen LogP contribution in [0.5, 0.6) is 0 Å². The van der Waals surface area contributed by atoms with Crippen LogP contribution in [0.4, 0.5) is 0 Å². The maximum Gasteiger partial charge on any atom is 0.326 e. The molecule has 2 rings (SSSR count). The summed E-state index contributed by atoms with van der Waals surface area (Å²) < 4.78 is 0. The normalized spacial score (nSPS) is 15.7. The Balaban J connectivity index is 2.32. The lowest BCUT2D eigenvalue weighted by Crippen LogP contribution is -2.62. The van der Waals surface area contributed by atoms with Gasteiger partial charge in [0.1, 0.15) is 96.7 Å². The minimum absolute atomic E-state index is 0.0234. The molecule has 0 fully saturated rings. The molecule has 0 unspecified atom stereocenters. The zero-order valence-corrected chi connectivity index (χ0v) is 80.4. The van der Waals surface area contributed by atoms with E-state index in [1.165, 1.54) is 18.7 Å². The summed E-state index contributed by atoms with van der Waals surface area (Å²) in [5.41, 5.74) is 7.27. The Morgan fingerprint density at radius 1 is 0.320 bits per heavy atom. The molecule has 0 heterocycles. The maximum atomic E-state index is 14.4. The number of carboxylic acids is 1. The van der Waals surface area contributed by atoms with E-state index in [-0.39, 0.29) is 97.5 Å². The van der Waals surface area contributed by atoms with Crippen LogP contribution in [0.1, 0.15) is 174 Å². The lowest BCUT2D eigenvalue weighted by molar-refractivity contribution is -0.143. The average Bonchev–Trinajstić information content (AvgIpc) is 0.834. The van der Waals surface area contributed by atoms with E-state index in [4.69, 9.17) is 5.73 Å². The zero-order chi connectivity index (χ0) is 97.1. The Kier molecular flexibility index (Phi) is 53.0. The summed E-state index contributed by atoms with van der Waals surface area (Å²) >= 11 is 14.2. The number of aliphatic carboxylic acids is 1. The first-order chi connectivity index (χ1) is 60.1. The van der Waals surface area contributed by atoms with Gasteiger partial charge in [-0.25, -0.2) is 4.79 Å². The van der Waals surface area contributed by atoms with Gasteiger partial charge in [-0.1, -0.05) is 178 Å². The largest absolute Gasteiger partial charge is 0.480 e. The van der Waals surface area contributed by atoms with Gasteiger partial charge in [-0.15, -0.1) is 0 Å². The average molecular weight is 1880 g/mol. The first-order valence-corrected chi connectivity index (χ1v) is 46.9. The molecular formula is C87H143N17O20S4. The minimum atomic E-state index is -1.76. The van der Waals surface area contributed by atoms with Gasteiger partial charge in [-0.2, -0.15) is 49.6 Å².